The third-order valence-electron chi connectivity index (χ3n) is 3.89. The van der Waals surface area contributed by atoms with Gasteiger partial charge < -0.3 is 20.1 Å². The van der Waals surface area contributed by atoms with Crippen LogP contribution in [-0.4, -0.2) is 62.0 Å². The fourth-order valence-electron chi connectivity index (χ4n) is 2.79. The first-order valence-electron chi connectivity index (χ1n) is 6.45. The predicted octanol–water partition coefficient (Wildman–Crippen LogP) is 0.0676. The van der Waals surface area contributed by atoms with E-state index >= 15 is 0 Å². The van der Waals surface area contributed by atoms with E-state index < -0.39 is 0 Å². The molecule has 2 rings (SSSR count). The summed E-state index contributed by atoms with van der Waals surface area (Å²) in [5.41, 5.74) is 0. The van der Waals surface area contributed by atoms with Crippen LogP contribution < -0.4 is 5.32 Å². The molecule has 2 atom stereocenters. The fraction of sp³-hybridized carbons (Fsp3) is 1.00. The van der Waals surface area contributed by atoms with E-state index in [1.54, 1.807) is 0 Å². The number of hydrogen-bond donors (Lipinski definition) is 2. The molecular formula is C12H24N2O2. The summed E-state index contributed by atoms with van der Waals surface area (Å²) in [6, 6.07) is 0.598. The van der Waals surface area contributed by atoms with Crippen molar-refractivity contribution in [2.75, 3.05) is 39.9 Å². The molecule has 16 heavy (non-hydrogen) atoms. The first-order chi connectivity index (χ1) is 7.79. The lowest BCUT2D eigenvalue weighted by Crippen LogP contribution is -2.48. The predicted molar refractivity (Wildman–Crippen MR) is 63.5 cm³/mol. The van der Waals surface area contributed by atoms with Crippen LogP contribution in [0.4, 0.5) is 0 Å². The highest BCUT2D eigenvalue weighted by Crippen LogP contribution is 2.18. The van der Waals surface area contributed by atoms with Crippen molar-refractivity contribution in [3.05, 3.63) is 0 Å². The molecule has 0 bridgehead atoms. The molecule has 0 spiro atoms. The number of hydrogen-bond acceptors (Lipinski definition) is 4. The van der Waals surface area contributed by atoms with Gasteiger partial charge in [-0.1, -0.05) is 0 Å². The average Bonchev–Trinajstić information content (AvgIpc) is 2.33. The largest absolute Gasteiger partial charge is 0.393 e. The Balaban J connectivity index is 1.78. The van der Waals surface area contributed by atoms with Gasteiger partial charge in [-0.15, -0.1) is 0 Å². The zero-order valence-electron chi connectivity index (χ0n) is 10.2. The number of piperidine rings is 1. The molecule has 4 nitrogen and oxygen atoms in total. The van der Waals surface area contributed by atoms with Crippen molar-refractivity contribution < 1.29 is 9.84 Å². The molecule has 2 saturated heterocycles. The van der Waals surface area contributed by atoms with E-state index in [9.17, 15) is 5.11 Å². The Morgan fingerprint density at radius 2 is 2.06 bits per heavy atom. The first kappa shape index (κ1) is 12.3. The third-order valence-corrected chi connectivity index (χ3v) is 3.89. The zero-order chi connectivity index (χ0) is 11.4. The standard InChI is InChI=1S/C12H24N2O2/c1-13-12-4-7-16-9-10(12)8-14-5-2-11(15)3-6-14/h10-13,15H,2-9H2,1H3. The summed E-state index contributed by atoms with van der Waals surface area (Å²) >= 11 is 0. The molecule has 2 unspecified atom stereocenters. The smallest absolute Gasteiger partial charge is 0.0564 e. The second-order valence-electron chi connectivity index (χ2n) is 5.05. The van der Waals surface area contributed by atoms with Crippen LogP contribution in [0.15, 0.2) is 0 Å². The number of ether oxygens (including phenoxy) is 1. The van der Waals surface area contributed by atoms with Crippen molar-refractivity contribution in [1.29, 1.82) is 0 Å². The zero-order valence-corrected chi connectivity index (χ0v) is 10.2. The van der Waals surface area contributed by atoms with Crippen LogP contribution in [0, 0.1) is 5.92 Å². The molecule has 0 aromatic carbocycles. The Morgan fingerprint density at radius 3 is 2.75 bits per heavy atom. The lowest BCUT2D eigenvalue weighted by molar-refractivity contribution is 0.00660. The van der Waals surface area contributed by atoms with E-state index in [0.717, 1.165) is 52.1 Å². The van der Waals surface area contributed by atoms with Crippen LogP contribution in [0.2, 0.25) is 0 Å². The van der Waals surface area contributed by atoms with E-state index in [4.69, 9.17) is 4.74 Å². The van der Waals surface area contributed by atoms with Gasteiger partial charge in [0.15, 0.2) is 0 Å². The molecule has 2 aliphatic heterocycles. The van der Waals surface area contributed by atoms with Crippen molar-refractivity contribution in [2.45, 2.75) is 31.4 Å². The first-order valence-corrected chi connectivity index (χ1v) is 6.45. The van der Waals surface area contributed by atoms with Gasteiger partial charge in [0.1, 0.15) is 0 Å². The van der Waals surface area contributed by atoms with Gasteiger partial charge in [0.05, 0.1) is 12.7 Å². The molecule has 0 saturated carbocycles. The third kappa shape index (κ3) is 3.17. The topological polar surface area (TPSA) is 44.7 Å². The number of aliphatic hydroxyl groups excluding tert-OH is 1. The Bertz CT molecular complexity index is 205. The maximum absolute atomic E-state index is 9.47. The monoisotopic (exact) mass is 228 g/mol. The van der Waals surface area contributed by atoms with Crippen LogP contribution in [0.25, 0.3) is 0 Å². The normalized spacial score (nSPS) is 34.1. The highest BCUT2D eigenvalue weighted by molar-refractivity contribution is 4.82. The van der Waals surface area contributed by atoms with Crippen molar-refractivity contribution in [3.8, 4) is 0 Å². The van der Waals surface area contributed by atoms with E-state index in [2.05, 4.69) is 10.2 Å². The average molecular weight is 228 g/mol. The van der Waals surface area contributed by atoms with E-state index in [-0.39, 0.29) is 6.10 Å². The Labute approximate surface area is 98.0 Å². The number of likely N-dealkylation sites (tertiary alicyclic amines) is 1. The van der Waals surface area contributed by atoms with Crippen LogP contribution >= 0.6 is 0 Å². The molecule has 2 heterocycles. The van der Waals surface area contributed by atoms with Crippen LogP contribution in [0.3, 0.4) is 0 Å². The second-order valence-corrected chi connectivity index (χ2v) is 5.05. The van der Waals surface area contributed by atoms with Crippen molar-refractivity contribution in [3.63, 3.8) is 0 Å². The van der Waals surface area contributed by atoms with E-state index in [0.29, 0.717) is 12.0 Å². The van der Waals surface area contributed by atoms with Crippen molar-refractivity contribution in [1.82, 2.24) is 10.2 Å². The maximum atomic E-state index is 9.47. The van der Waals surface area contributed by atoms with Gasteiger partial charge in [-0.05, 0) is 26.3 Å². The van der Waals surface area contributed by atoms with Gasteiger partial charge >= 0.3 is 0 Å². The molecule has 4 heteroatoms. The lowest BCUT2D eigenvalue weighted by atomic mass is 9.94. The summed E-state index contributed by atoms with van der Waals surface area (Å²) < 4.78 is 5.56. The number of rotatable bonds is 3. The van der Waals surface area contributed by atoms with Crippen molar-refractivity contribution >= 4 is 0 Å². The molecule has 0 aliphatic carbocycles. The quantitative estimate of drug-likeness (QED) is 0.717. The van der Waals surface area contributed by atoms with Gasteiger partial charge in [0.25, 0.3) is 0 Å². The van der Waals surface area contributed by atoms with Gasteiger partial charge in [-0.25, -0.2) is 0 Å². The molecular weight excluding hydrogens is 204 g/mol. The summed E-state index contributed by atoms with van der Waals surface area (Å²) in [7, 11) is 2.04. The summed E-state index contributed by atoms with van der Waals surface area (Å²) in [5, 5.41) is 12.9. The molecule has 0 aromatic rings. The minimum absolute atomic E-state index is 0.0704. The van der Waals surface area contributed by atoms with Crippen molar-refractivity contribution in [2.24, 2.45) is 5.92 Å². The van der Waals surface area contributed by atoms with Crippen LogP contribution in [-0.2, 0) is 4.74 Å². The van der Waals surface area contributed by atoms with Gasteiger partial charge in [0, 0.05) is 38.2 Å². The van der Waals surface area contributed by atoms with E-state index in [1.165, 1.54) is 0 Å². The molecule has 0 amide bonds. The van der Waals surface area contributed by atoms with E-state index in [1.807, 2.05) is 7.05 Å². The number of aliphatic hydroxyl groups is 1. The van der Waals surface area contributed by atoms with Gasteiger partial charge in [-0.3, -0.25) is 0 Å². The molecule has 2 aliphatic rings. The minimum Gasteiger partial charge on any atom is -0.393 e. The highest BCUT2D eigenvalue weighted by Gasteiger charge is 2.27. The summed E-state index contributed by atoms with van der Waals surface area (Å²) in [5.74, 6) is 0.606. The van der Waals surface area contributed by atoms with Crippen LogP contribution in [0.1, 0.15) is 19.3 Å². The summed E-state index contributed by atoms with van der Waals surface area (Å²) in [6.07, 6.45) is 2.91. The number of nitrogens with zero attached hydrogens (tertiary/aromatic N) is 1. The SMILES string of the molecule is CNC1CCOCC1CN1CCC(O)CC1. The molecule has 0 radical (unpaired) electrons. The minimum atomic E-state index is -0.0704. The van der Waals surface area contributed by atoms with Crippen LogP contribution in [0.5, 0.6) is 0 Å². The Hall–Kier alpha value is -0.160. The molecule has 94 valence electrons. The maximum Gasteiger partial charge on any atom is 0.0564 e. The summed E-state index contributed by atoms with van der Waals surface area (Å²) in [4.78, 5) is 2.47. The summed E-state index contributed by atoms with van der Waals surface area (Å²) in [6.45, 7) is 4.95. The Kier molecular flexibility index (Phi) is 4.58. The second kappa shape index (κ2) is 5.96. The highest BCUT2D eigenvalue weighted by atomic mass is 16.5. The van der Waals surface area contributed by atoms with Gasteiger partial charge in [-0.2, -0.15) is 0 Å². The number of nitrogens with one attached hydrogen (secondary N) is 1. The molecule has 0 aromatic heterocycles. The fourth-order valence-corrected chi connectivity index (χ4v) is 2.79. The Morgan fingerprint density at radius 1 is 1.31 bits per heavy atom. The van der Waals surface area contributed by atoms with Gasteiger partial charge in [0.2, 0.25) is 0 Å². The molecule has 2 fully saturated rings. The molecule has 2 N–H and O–H groups in total. The lowest BCUT2D eigenvalue weighted by Gasteiger charge is -2.37.